The van der Waals surface area contributed by atoms with Crippen molar-refractivity contribution < 1.29 is 40.1 Å². The minimum atomic E-state index is -5.97. The van der Waals surface area contributed by atoms with E-state index in [9.17, 15) is 31.2 Å². The average Bonchev–Trinajstić information content (AvgIpc) is 3.42. The summed E-state index contributed by atoms with van der Waals surface area (Å²) in [7, 11) is -5.97. The van der Waals surface area contributed by atoms with Gasteiger partial charge in [0.05, 0.1) is 16.8 Å². The van der Waals surface area contributed by atoms with E-state index in [0.29, 0.717) is 17.4 Å². The van der Waals surface area contributed by atoms with E-state index in [2.05, 4.69) is 28.2 Å². The molecular weight excluding hydrogens is 551 g/mol. The highest BCUT2D eigenvalue weighted by Gasteiger charge is 2.49. The van der Waals surface area contributed by atoms with Crippen LogP contribution >= 0.6 is 0 Å². The lowest BCUT2D eigenvalue weighted by atomic mass is 9.99. The zero-order valence-electron chi connectivity index (χ0n) is 22.7. The molecule has 0 saturated carbocycles. The second kappa shape index (κ2) is 10.4. The molecule has 0 radical (unpaired) electrons. The van der Waals surface area contributed by atoms with Crippen molar-refractivity contribution in [2.45, 2.75) is 58.8 Å². The van der Waals surface area contributed by atoms with Gasteiger partial charge in [-0.15, -0.1) is 0 Å². The highest BCUT2D eigenvalue weighted by Crippen LogP contribution is 2.39. The summed E-state index contributed by atoms with van der Waals surface area (Å²) in [6.07, 6.45) is -0.721. The summed E-state index contributed by atoms with van der Waals surface area (Å²) in [5, 5.41) is 3.18. The van der Waals surface area contributed by atoms with Crippen LogP contribution < -0.4 is 9.50 Å². The number of nitrogens with zero attached hydrogens (tertiary/aromatic N) is 2. The molecule has 40 heavy (non-hydrogen) atoms. The van der Waals surface area contributed by atoms with Crippen molar-refractivity contribution in [3.8, 4) is 17.0 Å². The number of aromatic nitrogens is 1. The summed E-state index contributed by atoms with van der Waals surface area (Å²) in [6, 6.07) is 9.58. The molecule has 1 aromatic heterocycles. The number of hydrogen-bond acceptors (Lipinski definition) is 7. The average molecular weight is 582 g/mol. The highest BCUT2D eigenvalue weighted by atomic mass is 32.2. The van der Waals surface area contributed by atoms with Crippen LogP contribution in [0.5, 0.6) is 5.75 Å². The molecule has 0 aliphatic carbocycles. The quantitative estimate of drug-likeness (QED) is 0.294. The first-order valence-electron chi connectivity index (χ1n) is 12.6. The van der Waals surface area contributed by atoms with Gasteiger partial charge in [-0.05, 0) is 69.8 Å². The third-order valence-corrected chi connectivity index (χ3v) is 7.39. The second-order valence-corrected chi connectivity index (χ2v) is 11.9. The van der Waals surface area contributed by atoms with Gasteiger partial charge in [-0.1, -0.05) is 19.9 Å². The standard InChI is InChI=1S/C27H30F3N3O6S/c1-6-32(7-2)15-16-8-10-20-17(12-16)13-21(33(20)25(35)38-26(3,4)5)18-9-11-22(19-14-31-24(34)23(18)19)39-40(36,37)27(28,29)30/h8-13H,6-7,14-15H2,1-5H3,(H,31,34). The fraction of sp³-hybridized carbons (Fsp3) is 0.407. The number of benzene rings is 2. The minimum Gasteiger partial charge on any atom is -0.443 e. The van der Waals surface area contributed by atoms with Crippen LogP contribution in [0.15, 0.2) is 36.4 Å². The van der Waals surface area contributed by atoms with Gasteiger partial charge < -0.3 is 14.2 Å². The van der Waals surface area contributed by atoms with Gasteiger partial charge >= 0.3 is 21.7 Å². The van der Waals surface area contributed by atoms with Crippen molar-refractivity contribution in [3.05, 3.63) is 53.1 Å². The lowest BCUT2D eigenvalue weighted by Gasteiger charge is -2.21. The second-order valence-electron chi connectivity index (χ2n) is 10.3. The van der Waals surface area contributed by atoms with Crippen LogP contribution in [-0.2, 0) is 27.9 Å². The number of alkyl halides is 3. The predicted octanol–water partition coefficient (Wildman–Crippen LogP) is 5.41. The lowest BCUT2D eigenvalue weighted by Crippen LogP contribution is -2.28. The number of hydrogen-bond donors (Lipinski definition) is 1. The molecule has 0 spiro atoms. The summed E-state index contributed by atoms with van der Waals surface area (Å²) >= 11 is 0. The van der Waals surface area contributed by atoms with Crippen LogP contribution in [0.2, 0.25) is 0 Å². The van der Waals surface area contributed by atoms with Crippen LogP contribution in [-0.4, -0.2) is 54.1 Å². The highest BCUT2D eigenvalue weighted by molar-refractivity contribution is 7.88. The number of carbonyl (C=O) groups excluding carboxylic acids is 2. The molecule has 2 heterocycles. The van der Waals surface area contributed by atoms with Gasteiger partial charge in [0.25, 0.3) is 5.91 Å². The molecule has 1 aliphatic rings. The Morgan fingerprint density at radius 1 is 1.07 bits per heavy atom. The summed E-state index contributed by atoms with van der Waals surface area (Å²) < 4.78 is 73.7. The van der Waals surface area contributed by atoms with Crippen LogP contribution in [0.4, 0.5) is 18.0 Å². The molecule has 216 valence electrons. The van der Waals surface area contributed by atoms with Gasteiger partial charge in [-0.3, -0.25) is 9.69 Å². The molecule has 4 rings (SSSR count). The van der Waals surface area contributed by atoms with Gasteiger partial charge in [-0.25, -0.2) is 9.36 Å². The maximum Gasteiger partial charge on any atom is 0.534 e. The van der Waals surface area contributed by atoms with Gasteiger partial charge in [-0.2, -0.15) is 21.6 Å². The van der Waals surface area contributed by atoms with Crippen LogP contribution in [0.25, 0.3) is 22.2 Å². The van der Waals surface area contributed by atoms with E-state index < -0.39 is 39.0 Å². The molecule has 13 heteroatoms. The number of fused-ring (bicyclic) bond motifs is 2. The van der Waals surface area contributed by atoms with Gasteiger partial charge in [0.1, 0.15) is 11.4 Å². The first kappa shape index (κ1) is 29.4. The fourth-order valence-electron chi connectivity index (χ4n) is 4.55. The third-order valence-electron chi connectivity index (χ3n) is 6.42. The molecule has 0 unspecified atom stereocenters. The Hall–Kier alpha value is -3.58. The van der Waals surface area contributed by atoms with E-state index in [1.807, 2.05) is 12.1 Å². The summed E-state index contributed by atoms with van der Waals surface area (Å²) in [5.74, 6) is -1.28. The first-order valence-corrected chi connectivity index (χ1v) is 14.0. The van der Waals surface area contributed by atoms with Gasteiger partial charge in [0, 0.05) is 29.6 Å². The molecule has 9 nitrogen and oxygen atoms in total. The molecule has 0 bridgehead atoms. The molecule has 0 saturated heterocycles. The minimum absolute atomic E-state index is 0.0708. The number of ether oxygens (including phenoxy) is 1. The SMILES string of the molecule is CCN(CC)Cc1ccc2c(c1)cc(-c1ccc(OS(=O)(=O)C(F)(F)F)c3c1C(=O)NC3)n2C(=O)OC(C)(C)C. The molecule has 3 aromatic rings. The normalized spacial score (nSPS) is 14.0. The van der Waals surface area contributed by atoms with E-state index in [1.54, 1.807) is 32.9 Å². The Morgan fingerprint density at radius 2 is 1.75 bits per heavy atom. The van der Waals surface area contributed by atoms with Crippen molar-refractivity contribution in [1.29, 1.82) is 0 Å². The largest absolute Gasteiger partial charge is 0.534 e. The Labute approximate surface area is 230 Å². The van der Waals surface area contributed by atoms with Crippen LogP contribution in [0, 0.1) is 0 Å². The van der Waals surface area contributed by atoms with E-state index in [4.69, 9.17) is 4.74 Å². The maximum absolute atomic E-state index is 13.4. The van der Waals surface area contributed by atoms with Gasteiger partial charge in [0.15, 0.2) is 0 Å². The van der Waals surface area contributed by atoms with Crippen LogP contribution in [0.1, 0.15) is 56.1 Å². The molecule has 0 fully saturated rings. The number of carbonyl (C=O) groups is 2. The number of halogens is 3. The smallest absolute Gasteiger partial charge is 0.443 e. The lowest BCUT2D eigenvalue weighted by molar-refractivity contribution is -0.0500. The van der Waals surface area contributed by atoms with Crippen molar-refractivity contribution >= 4 is 33.0 Å². The molecule has 2 aromatic carbocycles. The molecule has 1 N–H and O–H groups in total. The summed E-state index contributed by atoms with van der Waals surface area (Å²) in [6.45, 7) is 11.3. The molecule has 1 aliphatic heterocycles. The molecule has 1 amide bonds. The van der Waals surface area contributed by atoms with Crippen molar-refractivity contribution in [1.82, 2.24) is 14.8 Å². The zero-order valence-corrected chi connectivity index (χ0v) is 23.5. The predicted molar refractivity (Wildman–Crippen MR) is 142 cm³/mol. The fourth-order valence-corrected chi connectivity index (χ4v) is 5.04. The molecular formula is C27H30F3N3O6S. The van der Waals surface area contributed by atoms with E-state index in [1.165, 1.54) is 10.6 Å². The van der Waals surface area contributed by atoms with Crippen molar-refractivity contribution in [3.63, 3.8) is 0 Å². The van der Waals surface area contributed by atoms with E-state index in [-0.39, 0.29) is 28.9 Å². The summed E-state index contributed by atoms with van der Waals surface area (Å²) in [5.41, 5.74) is -4.72. The van der Waals surface area contributed by atoms with Crippen molar-refractivity contribution in [2.75, 3.05) is 13.1 Å². The molecule has 0 atom stereocenters. The maximum atomic E-state index is 13.4. The Morgan fingerprint density at radius 3 is 2.35 bits per heavy atom. The third kappa shape index (κ3) is 5.66. The topological polar surface area (TPSA) is 107 Å². The number of amides is 1. The Balaban J connectivity index is 1.91. The van der Waals surface area contributed by atoms with Gasteiger partial charge in [0.2, 0.25) is 0 Å². The van der Waals surface area contributed by atoms with E-state index in [0.717, 1.165) is 24.7 Å². The zero-order chi connectivity index (χ0) is 29.6. The van der Waals surface area contributed by atoms with Crippen molar-refractivity contribution in [2.24, 2.45) is 0 Å². The Kier molecular flexibility index (Phi) is 7.67. The summed E-state index contributed by atoms with van der Waals surface area (Å²) in [4.78, 5) is 28.5. The number of nitrogens with one attached hydrogen (secondary N) is 1. The van der Waals surface area contributed by atoms with Crippen LogP contribution in [0.3, 0.4) is 0 Å². The first-order chi connectivity index (χ1) is 18.6. The monoisotopic (exact) mass is 581 g/mol. The number of rotatable bonds is 7. The Bertz CT molecular complexity index is 1590. The van der Waals surface area contributed by atoms with E-state index >= 15 is 0 Å².